The van der Waals surface area contributed by atoms with Gasteiger partial charge in [-0.25, -0.2) is 0 Å². The fourth-order valence-corrected chi connectivity index (χ4v) is 3.21. The van der Waals surface area contributed by atoms with Crippen LogP contribution in [0.15, 0.2) is 18.2 Å². The van der Waals surface area contributed by atoms with Gasteiger partial charge >= 0.3 is 6.18 Å². The van der Waals surface area contributed by atoms with Crippen molar-refractivity contribution in [3.05, 3.63) is 23.8 Å². The van der Waals surface area contributed by atoms with Crippen molar-refractivity contribution in [1.29, 1.82) is 0 Å². The summed E-state index contributed by atoms with van der Waals surface area (Å²) in [6.45, 7) is 0.483. The summed E-state index contributed by atoms with van der Waals surface area (Å²) in [7, 11) is 0. The number of anilines is 2. The standard InChI is InChI=1S/C15H17F3N2O/c16-15(17,18)10-4-5-11-12(8-10)20-13(21)14(9-19-11)6-2-1-3-7-14/h4-5,8,19H,1-3,6-7,9H2,(H,20,21). The number of halogens is 3. The number of hydrogen-bond acceptors (Lipinski definition) is 2. The largest absolute Gasteiger partial charge is 0.416 e. The van der Waals surface area contributed by atoms with Gasteiger partial charge in [0.2, 0.25) is 5.91 Å². The molecule has 6 heteroatoms. The van der Waals surface area contributed by atoms with E-state index in [4.69, 9.17) is 0 Å². The maximum absolute atomic E-state index is 12.8. The van der Waals surface area contributed by atoms with Gasteiger partial charge in [-0.15, -0.1) is 0 Å². The van der Waals surface area contributed by atoms with Crippen LogP contribution < -0.4 is 10.6 Å². The highest BCUT2D eigenvalue weighted by Crippen LogP contribution is 2.42. The smallest absolute Gasteiger partial charge is 0.382 e. The highest BCUT2D eigenvalue weighted by atomic mass is 19.4. The number of fused-ring (bicyclic) bond motifs is 1. The van der Waals surface area contributed by atoms with Crippen LogP contribution in [0.1, 0.15) is 37.7 Å². The predicted octanol–water partition coefficient (Wildman–Crippen LogP) is 4.02. The van der Waals surface area contributed by atoms with Gasteiger partial charge in [0.1, 0.15) is 0 Å². The summed E-state index contributed by atoms with van der Waals surface area (Å²) in [5.41, 5.74) is -0.464. The normalized spacial score (nSPS) is 21.2. The van der Waals surface area contributed by atoms with Gasteiger partial charge in [-0.2, -0.15) is 13.2 Å². The van der Waals surface area contributed by atoms with Crippen molar-refractivity contribution in [2.45, 2.75) is 38.3 Å². The van der Waals surface area contributed by atoms with Crippen molar-refractivity contribution < 1.29 is 18.0 Å². The molecular formula is C15H17F3N2O. The molecule has 1 aromatic carbocycles. The van der Waals surface area contributed by atoms with Crippen molar-refractivity contribution >= 4 is 17.3 Å². The third-order valence-corrected chi connectivity index (χ3v) is 4.50. The number of rotatable bonds is 0. The lowest BCUT2D eigenvalue weighted by molar-refractivity contribution is -0.137. The first-order valence-corrected chi connectivity index (χ1v) is 7.17. The monoisotopic (exact) mass is 298 g/mol. The van der Waals surface area contributed by atoms with E-state index in [1.54, 1.807) is 0 Å². The minimum Gasteiger partial charge on any atom is -0.382 e. The van der Waals surface area contributed by atoms with Crippen molar-refractivity contribution in [2.24, 2.45) is 5.41 Å². The summed E-state index contributed by atoms with van der Waals surface area (Å²) in [6.07, 6.45) is 0.241. The van der Waals surface area contributed by atoms with E-state index in [2.05, 4.69) is 10.6 Å². The number of carbonyl (C=O) groups is 1. The Bertz CT molecular complexity index is 563. The van der Waals surface area contributed by atoms with Gasteiger partial charge in [0.05, 0.1) is 22.4 Å². The molecule has 21 heavy (non-hydrogen) atoms. The van der Waals surface area contributed by atoms with E-state index in [-0.39, 0.29) is 11.6 Å². The van der Waals surface area contributed by atoms with Crippen molar-refractivity contribution in [2.75, 3.05) is 17.2 Å². The fraction of sp³-hybridized carbons (Fsp3) is 0.533. The van der Waals surface area contributed by atoms with E-state index in [1.165, 1.54) is 6.07 Å². The zero-order chi connectivity index (χ0) is 15.1. The molecule has 1 aliphatic heterocycles. The highest BCUT2D eigenvalue weighted by molar-refractivity contribution is 6.00. The van der Waals surface area contributed by atoms with Crippen molar-refractivity contribution in [3.63, 3.8) is 0 Å². The van der Waals surface area contributed by atoms with E-state index in [9.17, 15) is 18.0 Å². The Labute approximate surface area is 120 Å². The predicted molar refractivity (Wildman–Crippen MR) is 74.1 cm³/mol. The van der Waals surface area contributed by atoms with Crippen LogP contribution in [-0.4, -0.2) is 12.5 Å². The number of nitrogens with one attached hydrogen (secondary N) is 2. The summed E-state index contributed by atoms with van der Waals surface area (Å²) in [5, 5.41) is 5.84. The average Bonchev–Trinajstić information content (AvgIpc) is 2.57. The third kappa shape index (κ3) is 2.59. The zero-order valence-electron chi connectivity index (χ0n) is 11.5. The Hall–Kier alpha value is -1.72. The lowest BCUT2D eigenvalue weighted by Gasteiger charge is -2.34. The summed E-state index contributed by atoms with van der Waals surface area (Å²) in [5.74, 6) is -0.159. The topological polar surface area (TPSA) is 41.1 Å². The fourth-order valence-electron chi connectivity index (χ4n) is 3.21. The number of alkyl halides is 3. The van der Waals surface area contributed by atoms with Gasteiger partial charge in [0.25, 0.3) is 0 Å². The van der Waals surface area contributed by atoms with E-state index >= 15 is 0 Å². The van der Waals surface area contributed by atoms with Gasteiger partial charge < -0.3 is 10.6 Å². The second-order valence-electron chi connectivity index (χ2n) is 5.91. The lowest BCUT2D eigenvalue weighted by Crippen LogP contribution is -2.41. The zero-order valence-corrected chi connectivity index (χ0v) is 11.5. The molecule has 0 bridgehead atoms. The molecule has 1 aromatic rings. The van der Waals surface area contributed by atoms with Crippen molar-refractivity contribution in [1.82, 2.24) is 0 Å². The van der Waals surface area contributed by atoms with Crippen LogP contribution in [0.3, 0.4) is 0 Å². The van der Waals surface area contributed by atoms with Crippen LogP contribution in [0.5, 0.6) is 0 Å². The van der Waals surface area contributed by atoms with Gasteiger partial charge in [-0.1, -0.05) is 19.3 Å². The third-order valence-electron chi connectivity index (χ3n) is 4.50. The lowest BCUT2D eigenvalue weighted by atomic mass is 9.73. The number of carbonyl (C=O) groups excluding carboxylic acids is 1. The second kappa shape index (κ2) is 4.93. The molecule has 0 aromatic heterocycles. The Morgan fingerprint density at radius 1 is 1.05 bits per heavy atom. The van der Waals surface area contributed by atoms with E-state index < -0.39 is 17.2 Å². The molecule has 1 fully saturated rings. The van der Waals surface area contributed by atoms with Crippen LogP contribution in [-0.2, 0) is 11.0 Å². The molecular weight excluding hydrogens is 281 g/mol. The van der Waals surface area contributed by atoms with E-state index in [1.807, 2.05) is 0 Å². The number of benzene rings is 1. The first-order chi connectivity index (χ1) is 9.91. The van der Waals surface area contributed by atoms with Gasteiger partial charge in [0, 0.05) is 6.54 Å². The molecule has 114 valence electrons. The average molecular weight is 298 g/mol. The van der Waals surface area contributed by atoms with Crippen molar-refractivity contribution in [3.8, 4) is 0 Å². The van der Waals surface area contributed by atoms with Gasteiger partial charge in [0.15, 0.2) is 0 Å². The molecule has 3 rings (SSSR count). The first kappa shape index (κ1) is 14.2. The molecule has 0 saturated heterocycles. The maximum atomic E-state index is 12.8. The Balaban J connectivity index is 1.92. The van der Waals surface area contributed by atoms with Gasteiger partial charge in [-0.05, 0) is 31.0 Å². The van der Waals surface area contributed by atoms with Crippen LogP contribution in [0.4, 0.5) is 24.5 Å². The molecule has 1 aliphatic carbocycles. The molecule has 1 amide bonds. The molecule has 0 atom stereocenters. The maximum Gasteiger partial charge on any atom is 0.416 e. The Kier molecular flexibility index (Phi) is 3.34. The second-order valence-corrected chi connectivity index (χ2v) is 5.91. The molecule has 2 N–H and O–H groups in total. The summed E-state index contributed by atoms with van der Waals surface area (Å²) in [6, 6.07) is 3.43. The quantitative estimate of drug-likeness (QED) is 0.759. The first-order valence-electron chi connectivity index (χ1n) is 7.17. The minimum absolute atomic E-state index is 0.159. The number of hydrogen-bond donors (Lipinski definition) is 2. The Morgan fingerprint density at radius 2 is 1.76 bits per heavy atom. The van der Waals surface area contributed by atoms with Crippen LogP contribution in [0.25, 0.3) is 0 Å². The molecule has 3 nitrogen and oxygen atoms in total. The molecule has 1 spiro atoms. The minimum atomic E-state index is -4.41. The summed E-state index contributed by atoms with van der Waals surface area (Å²) < 4.78 is 38.3. The summed E-state index contributed by atoms with van der Waals surface area (Å²) >= 11 is 0. The molecule has 0 radical (unpaired) electrons. The summed E-state index contributed by atoms with van der Waals surface area (Å²) in [4.78, 5) is 12.5. The molecule has 0 unspecified atom stereocenters. The number of amides is 1. The van der Waals surface area contributed by atoms with E-state index in [0.29, 0.717) is 12.2 Å². The van der Waals surface area contributed by atoms with E-state index in [0.717, 1.165) is 44.2 Å². The molecule has 2 aliphatic rings. The van der Waals surface area contributed by atoms with Crippen LogP contribution in [0.2, 0.25) is 0 Å². The molecule has 1 saturated carbocycles. The van der Waals surface area contributed by atoms with Crippen LogP contribution in [0, 0.1) is 5.41 Å². The van der Waals surface area contributed by atoms with Gasteiger partial charge in [-0.3, -0.25) is 4.79 Å². The Morgan fingerprint density at radius 3 is 2.43 bits per heavy atom. The van der Waals surface area contributed by atoms with Crippen LogP contribution >= 0.6 is 0 Å². The molecule has 1 heterocycles. The highest BCUT2D eigenvalue weighted by Gasteiger charge is 2.41. The SMILES string of the molecule is O=C1Nc2cc(C(F)(F)F)ccc2NCC12CCCCC2.